The maximum absolute atomic E-state index is 9.57. The molecule has 0 fully saturated rings. The molecule has 2 aromatic carbocycles. The molecule has 5 heteroatoms. The van der Waals surface area contributed by atoms with E-state index in [2.05, 4.69) is 11.1 Å². The number of allylic oxidation sites excluding steroid dienone is 1. The Balaban J connectivity index is 1.90. The number of rotatable bonds is 6. The Morgan fingerprint density at radius 2 is 1.96 bits per heavy atom. The van der Waals surface area contributed by atoms with Crippen LogP contribution in [0.2, 0.25) is 0 Å². The third kappa shape index (κ3) is 3.93. The van der Waals surface area contributed by atoms with Crippen LogP contribution in [-0.4, -0.2) is 18.7 Å². The predicted molar refractivity (Wildman–Crippen MR) is 105 cm³/mol. The average Bonchev–Trinajstić information content (AvgIpc) is 3.17. The fourth-order valence-electron chi connectivity index (χ4n) is 2.50. The number of nitrogens with zero attached hydrogens (tertiary/aromatic N) is 2. The summed E-state index contributed by atoms with van der Waals surface area (Å²) in [5, 5.41) is 12.2. The van der Waals surface area contributed by atoms with E-state index in [1.807, 2.05) is 60.8 Å². The minimum atomic E-state index is 0.511. The summed E-state index contributed by atoms with van der Waals surface area (Å²) in [4.78, 5) is 4.63. The van der Waals surface area contributed by atoms with Crippen LogP contribution in [0.5, 0.6) is 11.5 Å². The van der Waals surface area contributed by atoms with Gasteiger partial charge in [-0.2, -0.15) is 5.26 Å². The topological polar surface area (TPSA) is 55.1 Å². The molecule has 1 heterocycles. The van der Waals surface area contributed by atoms with E-state index in [0.717, 1.165) is 28.3 Å². The van der Waals surface area contributed by atoms with E-state index in [9.17, 15) is 5.26 Å². The summed E-state index contributed by atoms with van der Waals surface area (Å²) in [6.07, 6.45) is 1.81. The molecule has 3 rings (SSSR count). The second-order valence-electron chi connectivity index (χ2n) is 5.41. The van der Waals surface area contributed by atoms with Gasteiger partial charge in [0.2, 0.25) is 0 Å². The van der Waals surface area contributed by atoms with Gasteiger partial charge in [0.25, 0.3) is 0 Å². The number of aromatic nitrogens is 1. The second kappa shape index (κ2) is 8.32. The van der Waals surface area contributed by atoms with Crippen molar-refractivity contribution in [2.75, 3.05) is 13.7 Å². The summed E-state index contributed by atoms with van der Waals surface area (Å²) in [7, 11) is 1.62. The zero-order chi connectivity index (χ0) is 18.4. The zero-order valence-electron chi connectivity index (χ0n) is 14.6. The molecule has 0 saturated heterocycles. The first-order valence-corrected chi connectivity index (χ1v) is 9.07. The van der Waals surface area contributed by atoms with E-state index in [0.29, 0.717) is 17.2 Å². The van der Waals surface area contributed by atoms with Crippen molar-refractivity contribution in [1.29, 1.82) is 5.26 Å². The predicted octanol–water partition coefficient (Wildman–Crippen LogP) is 5.28. The first-order valence-electron chi connectivity index (χ1n) is 8.19. The summed E-state index contributed by atoms with van der Waals surface area (Å²) < 4.78 is 10.8. The third-order valence-corrected chi connectivity index (χ3v) is 4.63. The van der Waals surface area contributed by atoms with Crippen LogP contribution in [0.25, 0.3) is 22.9 Å². The normalized spacial score (nSPS) is 11.0. The van der Waals surface area contributed by atoms with Gasteiger partial charge in [0.15, 0.2) is 0 Å². The quantitative estimate of drug-likeness (QED) is 0.560. The Kier molecular flexibility index (Phi) is 5.67. The Labute approximate surface area is 157 Å². The Hall–Kier alpha value is -3.10. The van der Waals surface area contributed by atoms with Crippen molar-refractivity contribution >= 4 is 23.0 Å². The maximum atomic E-state index is 9.57. The van der Waals surface area contributed by atoms with Gasteiger partial charge in [0, 0.05) is 16.5 Å². The van der Waals surface area contributed by atoms with E-state index in [4.69, 9.17) is 9.47 Å². The van der Waals surface area contributed by atoms with Crippen molar-refractivity contribution in [3.63, 3.8) is 0 Å². The van der Waals surface area contributed by atoms with Crippen molar-refractivity contribution < 1.29 is 9.47 Å². The smallest absolute Gasteiger partial charge is 0.134 e. The molecule has 0 aliphatic heterocycles. The second-order valence-corrected chi connectivity index (χ2v) is 6.27. The first-order chi connectivity index (χ1) is 12.7. The maximum Gasteiger partial charge on any atom is 0.134 e. The highest BCUT2D eigenvalue weighted by atomic mass is 32.1. The standard InChI is InChI=1S/C21H18N2O2S/c1-3-25-18-10-8-15(9-11-18)19-14-26-21(23-19)17(13-22)12-16-6-4-5-7-20(16)24-2/h4-12,14H,3H2,1-2H3/b17-12+. The molecular formula is C21H18N2O2S. The molecule has 0 saturated carbocycles. The third-order valence-electron chi connectivity index (χ3n) is 3.75. The molecule has 0 amide bonds. The van der Waals surface area contributed by atoms with Crippen LogP contribution in [0.3, 0.4) is 0 Å². The number of thiazole rings is 1. The minimum Gasteiger partial charge on any atom is -0.496 e. The molecule has 0 unspecified atom stereocenters. The molecule has 0 radical (unpaired) electrons. The van der Waals surface area contributed by atoms with Crippen LogP contribution >= 0.6 is 11.3 Å². The van der Waals surface area contributed by atoms with Gasteiger partial charge < -0.3 is 9.47 Å². The summed E-state index contributed by atoms with van der Waals surface area (Å²) in [6.45, 7) is 2.59. The molecule has 0 atom stereocenters. The number of ether oxygens (including phenoxy) is 2. The molecule has 3 aromatic rings. The zero-order valence-corrected chi connectivity index (χ0v) is 15.4. The first kappa shape index (κ1) is 17.7. The lowest BCUT2D eigenvalue weighted by Gasteiger charge is -2.04. The fraction of sp³-hybridized carbons (Fsp3) is 0.143. The summed E-state index contributed by atoms with van der Waals surface area (Å²) in [5.41, 5.74) is 3.20. The van der Waals surface area contributed by atoms with Gasteiger partial charge in [0.1, 0.15) is 22.6 Å². The van der Waals surface area contributed by atoms with Gasteiger partial charge in [-0.1, -0.05) is 18.2 Å². The van der Waals surface area contributed by atoms with Gasteiger partial charge in [-0.05, 0) is 43.3 Å². The molecule has 0 aliphatic rings. The fourth-order valence-corrected chi connectivity index (χ4v) is 3.30. The Morgan fingerprint density at radius 3 is 2.65 bits per heavy atom. The number of para-hydroxylation sites is 1. The van der Waals surface area contributed by atoms with E-state index < -0.39 is 0 Å². The SMILES string of the molecule is CCOc1ccc(-c2csc(/C(C#N)=C/c3ccccc3OC)n2)cc1. The van der Waals surface area contributed by atoms with Gasteiger partial charge in [0.05, 0.1) is 25.0 Å². The molecule has 130 valence electrons. The van der Waals surface area contributed by atoms with Crippen LogP contribution in [0.1, 0.15) is 17.5 Å². The lowest BCUT2D eigenvalue weighted by Crippen LogP contribution is -1.90. The summed E-state index contributed by atoms with van der Waals surface area (Å²) >= 11 is 1.45. The van der Waals surface area contributed by atoms with Gasteiger partial charge >= 0.3 is 0 Å². The van der Waals surface area contributed by atoms with Gasteiger partial charge in [-0.3, -0.25) is 0 Å². The highest BCUT2D eigenvalue weighted by Crippen LogP contribution is 2.29. The van der Waals surface area contributed by atoms with E-state index >= 15 is 0 Å². The molecular weight excluding hydrogens is 344 g/mol. The number of methoxy groups -OCH3 is 1. The molecule has 26 heavy (non-hydrogen) atoms. The largest absolute Gasteiger partial charge is 0.496 e. The van der Waals surface area contributed by atoms with Crippen molar-refractivity contribution in [2.24, 2.45) is 0 Å². The number of hydrogen-bond donors (Lipinski definition) is 0. The number of benzene rings is 2. The monoisotopic (exact) mass is 362 g/mol. The Morgan fingerprint density at radius 1 is 1.19 bits per heavy atom. The van der Waals surface area contributed by atoms with Crippen LogP contribution in [0.4, 0.5) is 0 Å². The van der Waals surface area contributed by atoms with E-state index in [1.165, 1.54) is 11.3 Å². The molecule has 0 spiro atoms. The van der Waals surface area contributed by atoms with Crippen LogP contribution in [0.15, 0.2) is 53.9 Å². The lowest BCUT2D eigenvalue weighted by molar-refractivity contribution is 0.340. The minimum absolute atomic E-state index is 0.511. The molecule has 0 aliphatic carbocycles. The molecule has 1 aromatic heterocycles. The highest BCUT2D eigenvalue weighted by Gasteiger charge is 2.10. The van der Waals surface area contributed by atoms with Gasteiger partial charge in [-0.15, -0.1) is 11.3 Å². The summed E-state index contributed by atoms with van der Waals surface area (Å²) in [6, 6.07) is 17.6. The average molecular weight is 362 g/mol. The van der Waals surface area contributed by atoms with Crippen molar-refractivity contribution in [3.8, 4) is 28.8 Å². The van der Waals surface area contributed by atoms with E-state index in [1.54, 1.807) is 13.2 Å². The lowest BCUT2D eigenvalue weighted by atomic mass is 10.1. The number of hydrogen-bond acceptors (Lipinski definition) is 5. The van der Waals surface area contributed by atoms with E-state index in [-0.39, 0.29) is 0 Å². The molecule has 0 bridgehead atoms. The summed E-state index contributed by atoms with van der Waals surface area (Å²) in [5.74, 6) is 1.56. The van der Waals surface area contributed by atoms with Crippen molar-refractivity contribution in [2.45, 2.75) is 6.92 Å². The van der Waals surface area contributed by atoms with Crippen molar-refractivity contribution in [3.05, 3.63) is 64.5 Å². The highest BCUT2D eigenvalue weighted by molar-refractivity contribution is 7.11. The van der Waals surface area contributed by atoms with Crippen molar-refractivity contribution in [1.82, 2.24) is 4.98 Å². The van der Waals surface area contributed by atoms with Crippen LogP contribution in [-0.2, 0) is 0 Å². The van der Waals surface area contributed by atoms with Gasteiger partial charge in [-0.25, -0.2) is 4.98 Å². The molecule has 0 N–H and O–H groups in total. The van der Waals surface area contributed by atoms with Crippen LogP contribution in [0, 0.1) is 11.3 Å². The molecule has 4 nitrogen and oxygen atoms in total. The number of nitriles is 1. The van der Waals surface area contributed by atoms with Crippen LogP contribution < -0.4 is 9.47 Å². The Bertz CT molecular complexity index is 953.